The van der Waals surface area contributed by atoms with E-state index < -0.39 is 0 Å². The van der Waals surface area contributed by atoms with Crippen molar-refractivity contribution in [3.05, 3.63) is 42.5 Å². The fraction of sp³-hybridized carbons (Fsp3) is 0.250. The zero-order valence-corrected chi connectivity index (χ0v) is 8.32. The SMILES string of the molecule is C=CCc1ccc(OC(=O)CC)cc1. The second-order valence-corrected chi connectivity index (χ2v) is 2.96. The molecule has 0 aromatic heterocycles. The highest BCUT2D eigenvalue weighted by Crippen LogP contribution is 2.13. The zero-order valence-electron chi connectivity index (χ0n) is 8.32. The fourth-order valence-corrected chi connectivity index (χ4v) is 1.06. The minimum atomic E-state index is -0.207. The van der Waals surface area contributed by atoms with E-state index in [0.29, 0.717) is 12.2 Å². The Kier molecular flexibility index (Phi) is 3.92. The maximum absolute atomic E-state index is 11.0. The highest BCUT2D eigenvalue weighted by molar-refractivity contribution is 5.71. The van der Waals surface area contributed by atoms with Crippen molar-refractivity contribution in [2.45, 2.75) is 19.8 Å². The first-order chi connectivity index (χ1) is 6.76. The molecule has 0 heterocycles. The van der Waals surface area contributed by atoms with E-state index >= 15 is 0 Å². The number of hydrogen-bond acceptors (Lipinski definition) is 2. The van der Waals surface area contributed by atoms with Crippen molar-refractivity contribution in [2.24, 2.45) is 0 Å². The maximum atomic E-state index is 11.0. The van der Waals surface area contributed by atoms with Crippen molar-refractivity contribution in [3.8, 4) is 5.75 Å². The molecule has 1 rings (SSSR count). The van der Waals surface area contributed by atoms with Gasteiger partial charge < -0.3 is 4.74 Å². The van der Waals surface area contributed by atoms with Crippen LogP contribution in [0.15, 0.2) is 36.9 Å². The van der Waals surface area contributed by atoms with E-state index in [1.165, 1.54) is 0 Å². The van der Waals surface area contributed by atoms with Gasteiger partial charge in [0.25, 0.3) is 0 Å². The van der Waals surface area contributed by atoms with Crippen LogP contribution in [-0.4, -0.2) is 5.97 Å². The summed E-state index contributed by atoms with van der Waals surface area (Å²) in [7, 11) is 0. The molecule has 0 amide bonds. The van der Waals surface area contributed by atoms with Crippen molar-refractivity contribution in [3.63, 3.8) is 0 Å². The number of ether oxygens (including phenoxy) is 1. The van der Waals surface area contributed by atoms with Gasteiger partial charge in [-0.1, -0.05) is 25.1 Å². The van der Waals surface area contributed by atoms with Gasteiger partial charge in [-0.3, -0.25) is 4.79 Å². The van der Waals surface area contributed by atoms with Gasteiger partial charge in [0.1, 0.15) is 5.75 Å². The summed E-state index contributed by atoms with van der Waals surface area (Å²) in [5, 5.41) is 0. The highest BCUT2D eigenvalue weighted by atomic mass is 16.5. The van der Waals surface area contributed by atoms with Crippen LogP contribution in [0.1, 0.15) is 18.9 Å². The number of esters is 1. The molecule has 0 radical (unpaired) electrons. The highest BCUT2D eigenvalue weighted by Gasteiger charge is 2.00. The van der Waals surface area contributed by atoms with Crippen LogP contribution < -0.4 is 4.74 Å². The third kappa shape index (κ3) is 3.05. The Bertz CT molecular complexity index is 312. The quantitative estimate of drug-likeness (QED) is 0.414. The molecule has 2 nitrogen and oxygen atoms in total. The number of allylic oxidation sites excluding steroid dienone is 1. The summed E-state index contributed by atoms with van der Waals surface area (Å²) in [6.45, 7) is 5.43. The second-order valence-electron chi connectivity index (χ2n) is 2.96. The molecule has 14 heavy (non-hydrogen) atoms. The molecular weight excluding hydrogens is 176 g/mol. The predicted molar refractivity (Wildman–Crippen MR) is 56.3 cm³/mol. The monoisotopic (exact) mass is 190 g/mol. The van der Waals surface area contributed by atoms with Gasteiger partial charge in [0, 0.05) is 6.42 Å². The van der Waals surface area contributed by atoms with Crippen LogP contribution in [0.3, 0.4) is 0 Å². The van der Waals surface area contributed by atoms with Gasteiger partial charge in [-0.05, 0) is 24.1 Å². The van der Waals surface area contributed by atoms with Crippen LogP contribution in [0.25, 0.3) is 0 Å². The molecule has 0 aliphatic carbocycles. The normalized spacial score (nSPS) is 9.50. The van der Waals surface area contributed by atoms with E-state index in [2.05, 4.69) is 6.58 Å². The lowest BCUT2D eigenvalue weighted by Gasteiger charge is -2.02. The van der Waals surface area contributed by atoms with Gasteiger partial charge >= 0.3 is 5.97 Å². The van der Waals surface area contributed by atoms with Gasteiger partial charge in [0.2, 0.25) is 0 Å². The van der Waals surface area contributed by atoms with Crippen molar-refractivity contribution in [1.29, 1.82) is 0 Å². The van der Waals surface area contributed by atoms with Gasteiger partial charge in [-0.25, -0.2) is 0 Å². The molecule has 0 atom stereocenters. The molecule has 1 aromatic rings. The Morgan fingerprint density at radius 1 is 1.43 bits per heavy atom. The van der Waals surface area contributed by atoms with Gasteiger partial charge in [-0.2, -0.15) is 0 Å². The van der Waals surface area contributed by atoms with Crippen LogP contribution in [0.5, 0.6) is 5.75 Å². The summed E-state index contributed by atoms with van der Waals surface area (Å²) in [5.74, 6) is 0.395. The lowest BCUT2D eigenvalue weighted by molar-refractivity contribution is -0.134. The summed E-state index contributed by atoms with van der Waals surface area (Å²) < 4.78 is 5.03. The van der Waals surface area contributed by atoms with Crippen LogP contribution in [0.2, 0.25) is 0 Å². The summed E-state index contributed by atoms with van der Waals surface area (Å²) in [6, 6.07) is 7.46. The number of hydrogen-bond donors (Lipinski definition) is 0. The molecule has 0 aliphatic rings. The number of carbonyl (C=O) groups is 1. The Morgan fingerprint density at radius 3 is 2.57 bits per heavy atom. The molecule has 0 saturated carbocycles. The molecule has 1 aromatic carbocycles. The van der Waals surface area contributed by atoms with E-state index in [9.17, 15) is 4.79 Å². The molecule has 0 N–H and O–H groups in total. The van der Waals surface area contributed by atoms with Crippen LogP contribution in [0, 0.1) is 0 Å². The predicted octanol–water partition coefficient (Wildman–Crippen LogP) is 2.73. The first-order valence-electron chi connectivity index (χ1n) is 4.66. The van der Waals surface area contributed by atoms with Gasteiger partial charge in [0.15, 0.2) is 0 Å². The summed E-state index contributed by atoms with van der Waals surface area (Å²) in [4.78, 5) is 11.0. The molecule has 0 bridgehead atoms. The molecule has 74 valence electrons. The standard InChI is InChI=1S/C12H14O2/c1-3-5-10-6-8-11(9-7-10)14-12(13)4-2/h3,6-9H,1,4-5H2,2H3. The Morgan fingerprint density at radius 2 is 2.07 bits per heavy atom. The lowest BCUT2D eigenvalue weighted by atomic mass is 10.1. The molecule has 0 aliphatic heterocycles. The molecule has 0 unspecified atom stereocenters. The van der Waals surface area contributed by atoms with Gasteiger partial charge in [-0.15, -0.1) is 6.58 Å². The topological polar surface area (TPSA) is 26.3 Å². The van der Waals surface area contributed by atoms with Gasteiger partial charge in [0.05, 0.1) is 0 Å². The molecule has 0 spiro atoms. The summed E-state index contributed by atoms with van der Waals surface area (Å²) >= 11 is 0. The van der Waals surface area contributed by atoms with E-state index in [1.54, 1.807) is 19.1 Å². The second kappa shape index (κ2) is 5.22. The first-order valence-corrected chi connectivity index (χ1v) is 4.66. The van der Waals surface area contributed by atoms with Crippen LogP contribution in [-0.2, 0) is 11.2 Å². The molecule has 2 heteroatoms. The molecule has 0 saturated heterocycles. The van der Waals surface area contributed by atoms with Crippen LogP contribution in [0.4, 0.5) is 0 Å². The van der Waals surface area contributed by atoms with Crippen molar-refractivity contribution < 1.29 is 9.53 Å². The fourth-order valence-electron chi connectivity index (χ4n) is 1.06. The van der Waals surface area contributed by atoms with E-state index in [0.717, 1.165) is 12.0 Å². The average molecular weight is 190 g/mol. The Balaban J connectivity index is 2.63. The summed E-state index contributed by atoms with van der Waals surface area (Å²) in [6.07, 6.45) is 3.07. The molecule has 0 fully saturated rings. The van der Waals surface area contributed by atoms with Crippen molar-refractivity contribution in [2.75, 3.05) is 0 Å². The average Bonchev–Trinajstić information content (AvgIpc) is 2.21. The summed E-state index contributed by atoms with van der Waals surface area (Å²) in [5.41, 5.74) is 1.16. The minimum Gasteiger partial charge on any atom is -0.427 e. The number of rotatable bonds is 4. The van der Waals surface area contributed by atoms with Crippen molar-refractivity contribution in [1.82, 2.24) is 0 Å². The number of carbonyl (C=O) groups excluding carboxylic acids is 1. The largest absolute Gasteiger partial charge is 0.427 e. The number of benzene rings is 1. The third-order valence-electron chi connectivity index (χ3n) is 1.82. The van der Waals surface area contributed by atoms with E-state index in [1.807, 2.05) is 18.2 Å². The zero-order chi connectivity index (χ0) is 10.4. The maximum Gasteiger partial charge on any atom is 0.310 e. The molecular formula is C12H14O2. The third-order valence-corrected chi connectivity index (χ3v) is 1.82. The van der Waals surface area contributed by atoms with Crippen molar-refractivity contribution >= 4 is 5.97 Å². The Hall–Kier alpha value is -1.57. The van der Waals surface area contributed by atoms with Crippen LogP contribution >= 0.6 is 0 Å². The first kappa shape index (κ1) is 10.5. The van der Waals surface area contributed by atoms with E-state index in [4.69, 9.17) is 4.74 Å². The smallest absolute Gasteiger partial charge is 0.310 e. The Labute approximate surface area is 84.2 Å². The van der Waals surface area contributed by atoms with E-state index in [-0.39, 0.29) is 5.97 Å². The lowest BCUT2D eigenvalue weighted by Crippen LogP contribution is -2.05. The minimum absolute atomic E-state index is 0.207.